The summed E-state index contributed by atoms with van der Waals surface area (Å²) in [6.45, 7) is 3.36. The summed E-state index contributed by atoms with van der Waals surface area (Å²) in [5.74, 6) is -2.44. The molecule has 118 valence electrons. The average molecular weight is 299 g/mol. The molecule has 1 heterocycles. The Morgan fingerprint density at radius 3 is 2.24 bits per heavy atom. The second-order valence-electron chi connectivity index (χ2n) is 5.80. The van der Waals surface area contributed by atoms with E-state index in [2.05, 4.69) is 0 Å². The minimum Gasteiger partial charge on any atom is -0.481 e. The zero-order valence-corrected chi connectivity index (χ0v) is 12.4. The third-order valence-corrected chi connectivity index (χ3v) is 3.42. The quantitative estimate of drug-likeness (QED) is 0.540. The van der Waals surface area contributed by atoms with Crippen LogP contribution in [0.5, 0.6) is 0 Å². The van der Waals surface area contributed by atoms with Crippen LogP contribution in [0.3, 0.4) is 0 Å². The van der Waals surface area contributed by atoms with E-state index in [4.69, 9.17) is 9.94 Å². The number of aliphatic carboxylic acids is 1. The van der Waals surface area contributed by atoms with Crippen molar-refractivity contribution in [3.8, 4) is 0 Å². The van der Waals surface area contributed by atoms with E-state index in [1.54, 1.807) is 13.8 Å². The van der Waals surface area contributed by atoms with Crippen LogP contribution in [0.1, 0.15) is 58.8 Å². The fourth-order valence-electron chi connectivity index (χ4n) is 1.99. The Hall–Kier alpha value is -1.92. The molecule has 0 aromatic carbocycles. The molecule has 0 bridgehead atoms. The molecule has 0 unspecified atom stereocenters. The minimum atomic E-state index is -0.834. The number of rotatable bonds is 8. The molecule has 1 saturated heterocycles. The molecular formula is C14H21NO6. The van der Waals surface area contributed by atoms with Gasteiger partial charge in [-0.3, -0.25) is 14.4 Å². The molecule has 0 saturated carbocycles. The predicted octanol–water partition coefficient (Wildman–Crippen LogP) is 1.65. The van der Waals surface area contributed by atoms with E-state index < -0.39 is 29.2 Å². The van der Waals surface area contributed by atoms with Crippen molar-refractivity contribution in [3.05, 3.63) is 0 Å². The number of unbranched alkanes of at least 4 members (excludes halogenated alkanes) is 2. The lowest BCUT2D eigenvalue weighted by Gasteiger charge is -2.24. The van der Waals surface area contributed by atoms with Crippen molar-refractivity contribution in [2.75, 3.05) is 0 Å². The van der Waals surface area contributed by atoms with Gasteiger partial charge >= 0.3 is 11.9 Å². The van der Waals surface area contributed by atoms with E-state index >= 15 is 0 Å². The maximum Gasteiger partial charge on any atom is 0.338 e. The van der Waals surface area contributed by atoms with E-state index in [0.29, 0.717) is 30.7 Å². The molecule has 7 nitrogen and oxygen atoms in total. The van der Waals surface area contributed by atoms with E-state index in [-0.39, 0.29) is 19.3 Å². The van der Waals surface area contributed by atoms with Crippen molar-refractivity contribution in [2.24, 2.45) is 5.41 Å². The van der Waals surface area contributed by atoms with Gasteiger partial charge in [0.25, 0.3) is 11.8 Å². The normalized spacial score (nSPS) is 15.4. The molecule has 0 aromatic rings. The van der Waals surface area contributed by atoms with Gasteiger partial charge in [0.1, 0.15) is 0 Å². The second-order valence-corrected chi connectivity index (χ2v) is 5.80. The van der Waals surface area contributed by atoms with Gasteiger partial charge in [0.05, 0.1) is 5.41 Å². The summed E-state index contributed by atoms with van der Waals surface area (Å²) in [5.41, 5.74) is -0.827. The van der Waals surface area contributed by atoms with Crippen molar-refractivity contribution in [1.29, 1.82) is 0 Å². The molecule has 1 N–H and O–H groups in total. The molecule has 1 aliphatic rings. The summed E-state index contributed by atoms with van der Waals surface area (Å²) in [5, 5.41) is 9.08. The number of carboxylic acid groups (broad SMARTS) is 1. The first-order valence-electron chi connectivity index (χ1n) is 7.04. The van der Waals surface area contributed by atoms with Gasteiger partial charge in [-0.1, -0.05) is 12.8 Å². The average Bonchev–Trinajstić information content (AvgIpc) is 2.69. The van der Waals surface area contributed by atoms with Gasteiger partial charge in [-0.2, -0.15) is 0 Å². The molecule has 0 atom stereocenters. The SMILES string of the molecule is CC(C)(CCCCCC(=O)O)C(=O)ON1C(=O)CCC1=O. The van der Waals surface area contributed by atoms with Gasteiger partial charge in [-0.05, 0) is 26.7 Å². The predicted molar refractivity (Wildman–Crippen MR) is 71.7 cm³/mol. The Morgan fingerprint density at radius 2 is 1.71 bits per heavy atom. The van der Waals surface area contributed by atoms with Crippen molar-refractivity contribution < 1.29 is 29.1 Å². The Bertz CT molecular complexity index is 427. The van der Waals surface area contributed by atoms with Gasteiger partial charge in [0.2, 0.25) is 0 Å². The first-order chi connectivity index (χ1) is 9.74. The first kappa shape index (κ1) is 17.1. The standard InChI is InChI=1S/C14H21NO6/c1-14(2,9-5-3-4-6-12(18)19)13(20)21-15-10(16)7-8-11(15)17/h3-9H2,1-2H3,(H,18,19). The third-order valence-electron chi connectivity index (χ3n) is 3.42. The van der Waals surface area contributed by atoms with Crippen LogP contribution in [-0.4, -0.2) is 33.9 Å². The maximum absolute atomic E-state index is 12.0. The smallest absolute Gasteiger partial charge is 0.338 e. The lowest BCUT2D eigenvalue weighted by molar-refractivity contribution is -0.204. The van der Waals surface area contributed by atoms with Crippen LogP contribution in [-0.2, 0) is 24.0 Å². The number of carbonyl (C=O) groups is 4. The van der Waals surface area contributed by atoms with Crippen LogP contribution in [0.2, 0.25) is 0 Å². The van der Waals surface area contributed by atoms with Gasteiger partial charge in [-0.15, -0.1) is 5.06 Å². The zero-order valence-electron chi connectivity index (χ0n) is 12.4. The molecule has 1 rings (SSSR count). The Balaban J connectivity index is 2.38. The highest BCUT2D eigenvalue weighted by Gasteiger charge is 2.37. The minimum absolute atomic E-state index is 0.0712. The molecule has 0 aliphatic carbocycles. The topological polar surface area (TPSA) is 101 Å². The van der Waals surface area contributed by atoms with Crippen LogP contribution in [0.25, 0.3) is 0 Å². The molecule has 0 aromatic heterocycles. The summed E-state index contributed by atoms with van der Waals surface area (Å²) in [6.07, 6.45) is 2.69. The molecule has 21 heavy (non-hydrogen) atoms. The lowest BCUT2D eigenvalue weighted by atomic mass is 9.87. The highest BCUT2D eigenvalue weighted by molar-refractivity contribution is 6.01. The van der Waals surface area contributed by atoms with E-state index in [9.17, 15) is 19.2 Å². The molecule has 1 fully saturated rings. The Labute approximate surface area is 123 Å². The molecule has 7 heteroatoms. The third kappa shape index (κ3) is 5.17. The van der Waals surface area contributed by atoms with E-state index in [1.165, 1.54) is 0 Å². The van der Waals surface area contributed by atoms with Crippen molar-refractivity contribution >= 4 is 23.8 Å². The van der Waals surface area contributed by atoms with Crippen molar-refractivity contribution in [3.63, 3.8) is 0 Å². The Kier molecular flexibility index (Phi) is 5.87. The number of amides is 2. The van der Waals surface area contributed by atoms with Crippen LogP contribution in [0.4, 0.5) is 0 Å². The van der Waals surface area contributed by atoms with Crippen LogP contribution in [0, 0.1) is 5.41 Å². The molecule has 0 radical (unpaired) electrons. The summed E-state index contributed by atoms with van der Waals surface area (Å²) in [7, 11) is 0. The summed E-state index contributed by atoms with van der Waals surface area (Å²) >= 11 is 0. The number of carboxylic acids is 1. The van der Waals surface area contributed by atoms with Gasteiger partial charge in [-0.25, -0.2) is 4.79 Å². The summed E-state index contributed by atoms with van der Waals surface area (Å²) < 4.78 is 0. The van der Waals surface area contributed by atoms with Crippen molar-refractivity contribution in [2.45, 2.75) is 58.8 Å². The van der Waals surface area contributed by atoms with Gasteiger partial charge in [0.15, 0.2) is 0 Å². The second kappa shape index (κ2) is 7.19. The highest BCUT2D eigenvalue weighted by atomic mass is 16.7. The summed E-state index contributed by atoms with van der Waals surface area (Å²) in [4.78, 5) is 50.1. The number of carbonyl (C=O) groups excluding carboxylic acids is 3. The monoisotopic (exact) mass is 299 g/mol. The zero-order chi connectivity index (χ0) is 16.0. The molecule has 2 amide bonds. The fourth-order valence-corrected chi connectivity index (χ4v) is 1.99. The van der Waals surface area contributed by atoms with Crippen LogP contribution < -0.4 is 0 Å². The van der Waals surface area contributed by atoms with E-state index in [1.807, 2.05) is 0 Å². The largest absolute Gasteiger partial charge is 0.481 e. The van der Waals surface area contributed by atoms with Gasteiger partial charge < -0.3 is 9.94 Å². The lowest BCUT2D eigenvalue weighted by Crippen LogP contribution is -2.37. The van der Waals surface area contributed by atoms with Crippen LogP contribution in [0.15, 0.2) is 0 Å². The van der Waals surface area contributed by atoms with Gasteiger partial charge in [0, 0.05) is 19.3 Å². The highest BCUT2D eigenvalue weighted by Crippen LogP contribution is 2.27. The van der Waals surface area contributed by atoms with Crippen molar-refractivity contribution in [1.82, 2.24) is 5.06 Å². The van der Waals surface area contributed by atoms with E-state index in [0.717, 1.165) is 0 Å². The maximum atomic E-state index is 12.0. The number of hydrogen-bond acceptors (Lipinski definition) is 5. The fraction of sp³-hybridized carbons (Fsp3) is 0.714. The van der Waals surface area contributed by atoms with Crippen LogP contribution >= 0.6 is 0 Å². The summed E-state index contributed by atoms with van der Waals surface area (Å²) in [6, 6.07) is 0. The number of hydrogen-bond donors (Lipinski definition) is 1. The number of imide groups is 1. The first-order valence-corrected chi connectivity index (χ1v) is 7.04. The molecular weight excluding hydrogens is 278 g/mol. The number of hydroxylamine groups is 2. The molecule has 0 spiro atoms. The Morgan fingerprint density at radius 1 is 1.14 bits per heavy atom. The molecule has 1 aliphatic heterocycles. The number of nitrogens with zero attached hydrogens (tertiary/aromatic N) is 1.